The first-order valence-corrected chi connectivity index (χ1v) is 6.76. The molecule has 0 aromatic heterocycles. The van der Waals surface area contributed by atoms with Gasteiger partial charge in [-0.25, -0.2) is 0 Å². The fraction of sp³-hybridized carbons (Fsp3) is 0.600. The van der Waals surface area contributed by atoms with Crippen molar-refractivity contribution >= 4 is 12.4 Å². The highest BCUT2D eigenvalue weighted by molar-refractivity contribution is 5.85. The highest BCUT2D eigenvalue weighted by Crippen LogP contribution is 2.20. The Labute approximate surface area is 122 Å². The number of likely N-dealkylation sites (N-methyl/N-ethyl adjacent to an activating group) is 1. The Morgan fingerprint density at radius 2 is 2.21 bits per heavy atom. The van der Waals surface area contributed by atoms with E-state index in [1.54, 1.807) is 7.11 Å². The van der Waals surface area contributed by atoms with Crippen LogP contribution < -0.4 is 10.1 Å². The third-order valence-corrected chi connectivity index (χ3v) is 3.78. The molecule has 19 heavy (non-hydrogen) atoms. The number of hydrogen-bond acceptors (Lipinski definition) is 3. The Morgan fingerprint density at radius 1 is 1.42 bits per heavy atom. The van der Waals surface area contributed by atoms with Crippen molar-refractivity contribution in [1.29, 1.82) is 0 Å². The first-order valence-electron chi connectivity index (χ1n) is 6.76. The summed E-state index contributed by atoms with van der Waals surface area (Å²) in [6.07, 6.45) is 2.59. The Hall–Kier alpha value is -0.770. The van der Waals surface area contributed by atoms with Crippen LogP contribution in [-0.4, -0.2) is 38.2 Å². The molecule has 1 unspecified atom stereocenters. The standard InChI is InChI=1S/C15H24N2O.ClH/c1-12-9-13(6-7-15(12)18-3)10-17-8-4-5-14(11-17)16-2;/h6-7,9,14,16H,4-5,8,10-11H2,1-3H3;1H. The molecule has 4 heteroatoms. The second-order valence-corrected chi connectivity index (χ2v) is 5.17. The molecule has 1 N–H and O–H groups in total. The zero-order chi connectivity index (χ0) is 13.0. The highest BCUT2D eigenvalue weighted by Gasteiger charge is 2.18. The Bertz CT molecular complexity index is 398. The lowest BCUT2D eigenvalue weighted by Gasteiger charge is -2.32. The van der Waals surface area contributed by atoms with Gasteiger partial charge in [0, 0.05) is 19.1 Å². The van der Waals surface area contributed by atoms with E-state index < -0.39 is 0 Å². The number of piperidine rings is 1. The number of methoxy groups -OCH3 is 1. The summed E-state index contributed by atoms with van der Waals surface area (Å²) in [7, 11) is 3.79. The summed E-state index contributed by atoms with van der Waals surface area (Å²) in [5, 5.41) is 3.39. The molecule has 1 heterocycles. The van der Waals surface area contributed by atoms with Crippen LogP contribution in [0.5, 0.6) is 5.75 Å². The number of benzene rings is 1. The molecule has 0 spiro atoms. The van der Waals surface area contributed by atoms with Gasteiger partial charge in [-0.15, -0.1) is 12.4 Å². The number of rotatable bonds is 4. The smallest absolute Gasteiger partial charge is 0.121 e. The largest absolute Gasteiger partial charge is 0.496 e. The van der Waals surface area contributed by atoms with Gasteiger partial charge in [0.05, 0.1) is 7.11 Å². The molecule has 0 radical (unpaired) electrons. The van der Waals surface area contributed by atoms with Crippen molar-refractivity contribution in [3.8, 4) is 5.75 Å². The van der Waals surface area contributed by atoms with E-state index in [-0.39, 0.29) is 12.4 Å². The summed E-state index contributed by atoms with van der Waals surface area (Å²) in [6.45, 7) is 5.52. The van der Waals surface area contributed by atoms with E-state index in [1.165, 1.54) is 30.5 Å². The van der Waals surface area contributed by atoms with Gasteiger partial charge in [-0.3, -0.25) is 4.90 Å². The van der Waals surface area contributed by atoms with Crippen LogP contribution in [0.3, 0.4) is 0 Å². The van der Waals surface area contributed by atoms with Gasteiger partial charge in [-0.2, -0.15) is 0 Å². The second kappa shape index (κ2) is 7.73. The Kier molecular flexibility index (Phi) is 6.63. The lowest BCUT2D eigenvalue weighted by Crippen LogP contribution is -2.43. The fourth-order valence-corrected chi connectivity index (χ4v) is 2.73. The minimum absolute atomic E-state index is 0. The van der Waals surface area contributed by atoms with E-state index in [4.69, 9.17) is 4.74 Å². The molecule has 1 aromatic carbocycles. The van der Waals surface area contributed by atoms with Crippen LogP contribution >= 0.6 is 12.4 Å². The molecule has 1 aliphatic heterocycles. The Balaban J connectivity index is 0.00000180. The molecule has 2 rings (SSSR count). The van der Waals surface area contributed by atoms with Crippen molar-refractivity contribution in [3.63, 3.8) is 0 Å². The molecule has 0 saturated carbocycles. The minimum atomic E-state index is 0. The van der Waals surface area contributed by atoms with Crippen molar-refractivity contribution in [3.05, 3.63) is 29.3 Å². The topological polar surface area (TPSA) is 24.5 Å². The molecular weight excluding hydrogens is 260 g/mol. The molecule has 1 fully saturated rings. The first kappa shape index (κ1) is 16.3. The van der Waals surface area contributed by atoms with Gasteiger partial charge in [0.1, 0.15) is 5.75 Å². The van der Waals surface area contributed by atoms with Gasteiger partial charge in [-0.05, 0) is 50.6 Å². The number of likely N-dealkylation sites (tertiary alicyclic amines) is 1. The van der Waals surface area contributed by atoms with Gasteiger partial charge in [0.25, 0.3) is 0 Å². The average molecular weight is 285 g/mol. The normalized spacial score (nSPS) is 19.8. The van der Waals surface area contributed by atoms with Crippen molar-refractivity contribution < 1.29 is 4.74 Å². The quantitative estimate of drug-likeness (QED) is 0.920. The summed E-state index contributed by atoms with van der Waals surface area (Å²) < 4.78 is 5.30. The summed E-state index contributed by atoms with van der Waals surface area (Å²) in [6, 6.07) is 7.14. The number of nitrogens with zero attached hydrogens (tertiary/aromatic N) is 1. The van der Waals surface area contributed by atoms with Crippen LogP contribution in [0.1, 0.15) is 24.0 Å². The molecular formula is C15H25ClN2O. The third kappa shape index (κ3) is 4.37. The van der Waals surface area contributed by atoms with Crippen LogP contribution in [0.2, 0.25) is 0 Å². The second-order valence-electron chi connectivity index (χ2n) is 5.17. The number of ether oxygens (including phenoxy) is 1. The SMILES string of the molecule is CNC1CCCN(Cc2ccc(OC)c(C)c2)C1.Cl. The first-order chi connectivity index (χ1) is 8.72. The van der Waals surface area contributed by atoms with Crippen LogP contribution in [0.25, 0.3) is 0 Å². The predicted molar refractivity (Wildman–Crippen MR) is 82.3 cm³/mol. The van der Waals surface area contributed by atoms with Crippen molar-refractivity contribution in [2.75, 3.05) is 27.2 Å². The van der Waals surface area contributed by atoms with Crippen LogP contribution in [0.4, 0.5) is 0 Å². The summed E-state index contributed by atoms with van der Waals surface area (Å²) in [5.74, 6) is 0.977. The Morgan fingerprint density at radius 3 is 2.84 bits per heavy atom. The molecule has 0 aliphatic carbocycles. The van der Waals surface area contributed by atoms with E-state index >= 15 is 0 Å². The number of hydrogen-bond donors (Lipinski definition) is 1. The monoisotopic (exact) mass is 284 g/mol. The zero-order valence-corrected chi connectivity index (χ0v) is 12.9. The fourth-order valence-electron chi connectivity index (χ4n) is 2.73. The molecule has 1 aliphatic rings. The number of halogens is 1. The molecule has 1 atom stereocenters. The molecule has 0 bridgehead atoms. The number of nitrogens with one attached hydrogen (secondary N) is 1. The summed E-state index contributed by atoms with van der Waals surface area (Å²) >= 11 is 0. The van der Waals surface area contributed by atoms with Crippen molar-refractivity contribution in [2.45, 2.75) is 32.4 Å². The molecule has 0 amide bonds. The lowest BCUT2D eigenvalue weighted by molar-refractivity contribution is 0.188. The van der Waals surface area contributed by atoms with Crippen molar-refractivity contribution in [2.24, 2.45) is 0 Å². The van der Waals surface area contributed by atoms with Gasteiger partial charge in [-0.1, -0.05) is 12.1 Å². The van der Waals surface area contributed by atoms with E-state index in [9.17, 15) is 0 Å². The van der Waals surface area contributed by atoms with E-state index in [1.807, 2.05) is 0 Å². The van der Waals surface area contributed by atoms with Crippen molar-refractivity contribution in [1.82, 2.24) is 10.2 Å². The van der Waals surface area contributed by atoms with Crippen LogP contribution in [0, 0.1) is 6.92 Å². The molecule has 1 aromatic rings. The van der Waals surface area contributed by atoms with E-state index in [2.05, 4.69) is 42.4 Å². The van der Waals surface area contributed by atoms with Gasteiger partial charge in [0.15, 0.2) is 0 Å². The van der Waals surface area contributed by atoms with Gasteiger partial charge in [0.2, 0.25) is 0 Å². The minimum Gasteiger partial charge on any atom is -0.496 e. The zero-order valence-electron chi connectivity index (χ0n) is 12.1. The summed E-state index contributed by atoms with van der Waals surface area (Å²) in [5.41, 5.74) is 2.60. The lowest BCUT2D eigenvalue weighted by atomic mass is 10.0. The average Bonchev–Trinajstić information content (AvgIpc) is 2.39. The van der Waals surface area contributed by atoms with E-state index in [0.717, 1.165) is 18.8 Å². The molecule has 3 nitrogen and oxygen atoms in total. The maximum Gasteiger partial charge on any atom is 0.121 e. The molecule has 108 valence electrons. The van der Waals surface area contributed by atoms with E-state index in [0.29, 0.717) is 6.04 Å². The maximum absolute atomic E-state index is 5.30. The summed E-state index contributed by atoms with van der Waals surface area (Å²) in [4.78, 5) is 2.53. The highest BCUT2D eigenvalue weighted by atomic mass is 35.5. The van der Waals surface area contributed by atoms with Gasteiger partial charge >= 0.3 is 0 Å². The van der Waals surface area contributed by atoms with Crippen LogP contribution in [-0.2, 0) is 6.54 Å². The van der Waals surface area contributed by atoms with Crippen LogP contribution in [0.15, 0.2) is 18.2 Å². The predicted octanol–water partition coefficient (Wildman–Crippen LogP) is 2.61. The van der Waals surface area contributed by atoms with Gasteiger partial charge < -0.3 is 10.1 Å². The maximum atomic E-state index is 5.30. The third-order valence-electron chi connectivity index (χ3n) is 3.78. The number of aryl methyl sites for hydroxylation is 1. The molecule has 1 saturated heterocycles.